The number of aromatic amines is 1. The van der Waals surface area contributed by atoms with E-state index in [1.165, 1.54) is 13.8 Å². The highest BCUT2D eigenvalue weighted by atomic mass is 32.2. The number of hydrogen-bond donors (Lipinski definition) is 11. The summed E-state index contributed by atoms with van der Waals surface area (Å²) in [6, 6.07) is 7.31. The molecule has 0 fully saturated rings. The Kier molecular flexibility index (Phi) is 43.2. The van der Waals surface area contributed by atoms with E-state index < -0.39 is 275 Å². The molecule has 41 nitrogen and oxygen atoms in total. The zero-order valence-electron chi connectivity index (χ0n) is 70.7. The van der Waals surface area contributed by atoms with E-state index in [1.54, 1.807) is 88.5 Å². The number of rotatable bonds is 59. The Morgan fingerprint density at radius 2 is 0.758 bits per heavy atom. The molecule has 2 aromatic carbocycles. The van der Waals surface area contributed by atoms with Gasteiger partial charge in [0.2, 0.25) is 117 Å². The molecule has 0 bridgehead atoms. The lowest BCUT2D eigenvalue weighted by molar-refractivity contribution is -0.137. The molecule has 684 valence electrons. The van der Waals surface area contributed by atoms with E-state index in [9.17, 15) is 107 Å². The molecule has 3 aromatic rings. The average Bonchev–Trinajstić information content (AvgIpc) is 1.71. The van der Waals surface area contributed by atoms with E-state index >= 15 is 0 Å². The summed E-state index contributed by atoms with van der Waals surface area (Å²) in [5.74, 6) is -9.93. The van der Waals surface area contributed by atoms with Crippen LogP contribution in [0.2, 0.25) is 0 Å². The van der Waals surface area contributed by atoms with Gasteiger partial charge < -0.3 is 58.8 Å². The van der Waals surface area contributed by atoms with Crippen LogP contribution in [0.1, 0.15) is 111 Å². The Hall–Kier alpha value is -7.46. The smallest absolute Gasteiger partial charge is 0.303 e. The second-order valence-corrected chi connectivity index (χ2v) is 45.6. The van der Waals surface area contributed by atoms with Crippen LogP contribution in [-0.2, 0) is 126 Å². The third-order valence-corrected chi connectivity index (χ3v) is 27.8. The second kappa shape index (κ2) is 48.6. The molecule has 3 rings (SSSR count). The maximum Gasteiger partial charge on any atom is 0.303 e. The minimum Gasteiger partial charge on any atom is -0.481 e. The summed E-state index contributed by atoms with van der Waals surface area (Å²) >= 11 is 0. The summed E-state index contributed by atoms with van der Waals surface area (Å²) in [7, 11) is -30.3. The summed E-state index contributed by atoms with van der Waals surface area (Å²) in [4.78, 5) is 124. The lowest BCUT2D eigenvalue weighted by Gasteiger charge is -2.31. The molecule has 0 aliphatic rings. The number of nitrogens with zero attached hydrogens (tertiary/aromatic N) is 7. The summed E-state index contributed by atoms with van der Waals surface area (Å²) < 4.78 is 194. The normalized spacial score (nSPS) is 14.6. The highest BCUT2D eigenvalue weighted by molar-refractivity contribution is 7.90. The number of carbonyl (C=O) groups excluding carboxylic acids is 8. The van der Waals surface area contributed by atoms with Crippen molar-refractivity contribution in [3.63, 3.8) is 0 Å². The third-order valence-electron chi connectivity index (χ3n) is 18.4. The first kappa shape index (κ1) is 107. The van der Waals surface area contributed by atoms with Crippen molar-refractivity contribution in [3.05, 3.63) is 71.9 Å². The van der Waals surface area contributed by atoms with E-state index in [0.29, 0.717) is 54.0 Å². The maximum atomic E-state index is 14.6. The van der Waals surface area contributed by atoms with Crippen LogP contribution in [0, 0.1) is 17.8 Å². The minimum absolute atomic E-state index is 0.000124. The molecule has 1 heterocycles. The lowest BCUT2D eigenvalue weighted by atomic mass is 10.0. The Morgan fingerprint density at radius 1 is 0.408 bits per heavy atom. The predicted octanol–water partition coefficient (Wildman–Crippen LogP) is -3.18. The van der Waals surface area contributed by atoms with Crippen LogP contribution in [0.5, 0.6) is 0 Å². The number of fused-ring (bicyclic) bond motifs is 1. The zero-order chi connectivity index (χ0) is 91.2. The van der Waals surface area contributed by atoms with Gasteiger partial charge >= 0.3 is 5.97 Å². The number of nitrogens with one attached hydrogen (secondary N) is 8. The van der Waals surface area contributed by atoms with Gasteiger partial charge in [-0.3, -0.25) is 43.2 Å². The number of carbonyl (C=O) groups is 9. The van der Waals surface area contributed by atoms with Gasteiger partial charge in [-0.15, -0.1) is 0 Å². The second-order valence-electron chi connectivity index (χ2n) is 31.7. The molecular weight excluding hydrogens is 1710 g/mol. The van der Waals surface area contributed by atoms with Crippen LogP contribution >= 0.6 is 0 Å². The van der Waals surface area contributed by atoms with E-state index in [1.807, 2.05) is 13.8 Å². The number of sulfonamides is 7. The molecule has 48 heteroatoms. The standard InChI is InChI=1S/C72H125N17O24S7/c1-50(2)30-59(77-54(8)90)38-86(117(12,106)107)47-70(96)81-61(32-55-22-16-15-17-23-55)39-87(118(13,108)109)44-68(94)79-58(27-28-72(98)99)37-85(116(11,104)105)46-71(97)82-62(33-56-34-75-64-26-19-18-25-63(56)64)40-88(119(14,110)111)43-67(93)78-57(24-20-21-29-73)36-84(115(10,102)103)45-69(95)80-60(31-51(3)4)41-89(120(112,113)49-52(5)6)48-66(92)76-53(7)35-83(42-65(74)91)114(9,100)101/h15-19,22-23,25-26,34,50-53,57-62,75H,20-21,24,27-33,35-49,73H2,1-14H3,(H2,74,91)(H,76,92)(H,77,90)(H,78,93)(H,79,94)(H,80,95)(H,81,96)(H,82,97)(H,98,99)/t53-,57-,58-,59-,60-,61-,62-/m0/s1. The van der Waals surface area contributed by atoms with Crippen LogP contribution in [0.25, 0.3) is 10.9 Å². The third kappa shape index (κ3) is 42.1. The SMILES string of the molecule is CC(=O)N[C@@H](CC(C)C)CN(CC(=O)N[C@@H](Cc1ccccc1)CN(CC(=O)N[C@@H](CCC(=O)O)CN(CC(=O)N[C@@H](Cc1c[nH]c2ccccc12)CN(CC(=O)N[C@@H](CCCCN)CN(CC(=O)N[C@@H](CC(C)C)CN(CC(=O)N[C@@H](C)CN(CC(N)=O)S(C)(=O)=O)S(=O)(=O)CC(C)C)S(C)(=O)=O)S(C)(=O)=O)S(C)(=O)=O)S(C)(=O)=O)S(C)(=O)=O. The van der Waals surface area contributed by atoms with E-state index in [2.05, 4.69) is 42.2 Å². The van der Waals surface area contributed by atoms with Crippen LogP contribution in [0.3, 0.4) is 0 Å². The first-order valence-electron chi connectivity index (χ1n) is 38.7. The minimum atomic E-state index is -4.55. The number of H-pyrrole nitrogens is 1. The number of aliphatic carboxylic acids is 1. The number of nitrogens with two attached hydrogens (primary N) is 2. The number of hydrogen-bond acceptors (Lipinski definition) is 24. The fourth-order valence-corrected chi connectivity index (χ4v) is 19.8. The predicted molar refractivity (Wildman–Crippen MR) is 454 cm³/mol. The molecule has 0 spiro atoms. The fourth-order valence-electron chi connectivity index (χ4n) is 13.2. The molecule has 1 aromatic heterocycles. The Bertz CT molecular complexity index is 4780. The van der Waals surface area contributed by atoms with Crippen molar-refractivity contribution in [3.8, 4) is 0 Å². The van der Waals surface area contributed by atoms with Crippen molar-refractivity contribution in [2.75, 3.05) is 141 Å². The molecule has 8 amide bonds. The quantitative estimate of drug-likeness (QED) is 0.0248. The van der Waals surface area contributed by atoms with Crippen LogP contribution in [0.4, 0.5) is 0 Å². The molecular formula is C72H125N17O24S7. The van der Waals surface area contributed by atoms with Gasteiger partial charge in [-0.2, -0.15) is 30.1 Å². The molecule has 0 saturated heterocycles. The largest absolute Gasteiger partial charge is 0.481 e. The zero-order valence-corrected chi connectivity index (χ0v) is 76.4. The van der Waals surface area contributed by atoms with E-state index in [0.717, 1.165) is 48.5 Å². The van der Waals surface area contributed by atoms with Crippen molar-refractivity contribution in [2.24, 2.45) is 29.2 Å². The van der Waals surface area contributed by atoms with Gasteiger partial charge in [0, 0.05) is 119 Å². The van der Waals surface area contributed by atoms with E-state index in [4.69, 9.17) is 11.5 Å². The van der Waals surface area contributed by atoms with Gasteiger partial charge in [0.1, 0.15) is 0 Å². The summed E-state index contributed by atoms with van der Waals surface area (Å²) in [6.07, 6.45) is 5.80. The number of primary amides is 1. The number of amides is 8. The molecule has 0 aliphatic carbocycles. The van der Waals surface area contributed by atoms with Gasteiger partial charge in [-0.05, 0) is 93.4 Å². The van der Waals surface area contributed by atoms with Crippen LogP contribution in [0.15, 0.2) is 60.8 Å². The number of unbranched alkanes of at least 4 members (excludes halogenated alkanes) is 1. The van der Waals surface area contributed by atoms with Gasteiger partial charge in [-0.25, -0.2) is 58.9 Å². The number of aromatic nitrogens is 1. The highest BCUT2D eigenvalue weighted by Crippen LogP contribution is 2.22. The van der Waals surface area contributed by atoms with Crippen molar-refractivity contribution in [2.45, 2.75) is 155 Å². The molecule has 0 saturated carbocycles. The first-order chi connectivity index (χ1) is 55.2. The molecule has 120 heavy (non-hydrogen) atoms. The fraction of sp³-hybridized carbons (Fsp3) is 0.681. The van der Waals surface area contributed by atoms with Crippen molar-refractivity contribution < 1.29 is 107 Å². The summed E-state index contributed by atoms with van der Waals surface area (Å²) in [5, 5.41) is 28.9. The first-order valence-corrected chi connectivity index (χ1v) is 51.4. The van der Waals surface area contributed by atoms with Crippen LogP contribution < -0.4 is 48.7 Å². The number of benzene rings is 2. The van der Waals surface area contributed by atoms with Gasteiger partial charge in [0.15, 0.2) is 0 Å². The van der Waals surface area contributed by atoms with E-state index in [-0.39, 0.29) is 57.0 Å². The lowest BCUT2D eigenvalue weighted by Crippen LogP contribution is -2.55. The van der Waals surface area contributed by atoms with Gasteiger partial charge in [0.25, 0.3) is 0 Å². The van der Waals surface area contributed by atoms with Crippen molar-refractivity contribution >= 4 is 134 Å². The van der Waals surface area contributed by atoms with Gasteiger partial charge in [0.05, 0.1) is 89.1 Å². The maximum absolute atomic E-state index is 14.6. The Labute approximate surface area is 707 Å². The Balaban J connectivity index is 2.01. The molecule has 13 N–H and O–H groups in total. The Morgan fingerprint density at radius 3 is 1.16 bits per heavy atom. The highest BCUT2D eigenvalue weighted by Gasteiger charge is 2.37. The summed E-state index contributed by atoms with van der Waals surface area (Å²) in [5.41, 5.74) is 12.8. The van der Waals surface area contributed by atoms with Crippen LogP contribution in [-0.4, -0.2) is 336 Å². The molecule has 0 aliphatic heterocycles. The molecule has 0 radical (unpaired) electrons. The van der Waals surface area contributed by atoms with Crippen molar-refractivity contribution in [1.82, 2.24) is 72.3 Å². The van der Waals surface area contributed by atoms with Gasteiger partial charge in [-0.1, -0.05) is 96.5 Å². The molecule has 7 atom stereocenters. The number of carboxylic acids is 1. The number of para-hydroxylation sites is 1. The monoisotopic (exact) mass is 1840 g/mol. The molecule has 0 unspecified atom stereocenters. The van der Waals surface area contributed by atoms with Crippen molar-refractivity contribution in [1.29, 1.82) is 0 Å². The average molecular weight is 1840 g/mol. The number of carboxylic acid groups (broad SMARTS) is 1. The summed E-state index contributed by atoms with van der Waals surface area (Å²) in [6.45, 7) is 3.00. The topological polar surface area (TPSA) is 588 Å².